The number of carbonyl (C=O) groups is 1. The van der Waals surface area contributed by atoms with Crippen LogP contribution < -0.4 is 11.1 Å². The van der Waals surface area contributed by atoms with Crippen molar-refractivity contribution < 1.29 is 4.79 Å². The zero-order valence-electron chi connectivity index (χ0n) is 10.5. The van der Waals surface area contributed by atoms with Gasteiger partial charge in [0.25, 0.3) is 5.91 Å². The molecule has 0 unspecified atom stereocenters. The topological polar surface area (TPSA) is 55.1 Å². The quantitative estimate of drug-likeness (QED) is 0.733. The second-order valence-electron chi connectivity index (χ2n) is 4.13. The van der Waals surface area contributed by atoms with Gasteiger partial charge in [-0.15, -0.1) is 0 Å². The van der Waals surface area contributed by atoms with E-state index in [2.05, 4.69) is 21.2 Å². The molecule has 0 fully saturated rings. The molecule has 0 aliphatic rings. The maximum Gasteiger partial charge on any atom is 0.257 e. The molecule has 0 saturated carbocycles. The molecule has 0 saturated heterocycles. The number of carbonyl (C=O) groups excluding carboxylic acids is 1. The molecule has 0 atom stereocenters. The minimum atomic E-state index is -0.391. The van der Waals surface area contributed by atoms with Crippen molar-refractivity contribution in [2.45, 2.75) is 0 Å². The fraction of sp³-hybridized carbons (Fsp3) is 0. The summed E-state index contributed by atoms with van der Waals surface area (Å²) in [5.41, 5.74) is 6.99. The fourth-order valence-electron chi connectivity index (χ4n) is 1.70. The Labute approximate surface area is 145 Å². The highest BCUT2D eigenvalue weighted by molar-refractivity contribution is 9.10. The van der Waals surface area contributed by atoms with E-state index in [9.17, 15) is 4.79 Å². The lowest BCUT2D eigenvalue weighted by Crippen LogP contribution is -2.18. The van der Waals surface area contributed by atoms with Crippen LogP contribution in [0.1, 0.15) is 15.9 Å². The van der Waals surface area contributed by atoms with Crippen LogP contribution in [0.2, 0.25) is 10.0 Å². The average Bonchev–Trinajstić information content (AvgIpc) is 2.41. The Bertz CT molecular complexity index is 737. The van der Waals surface area contributed by atoms with E-state index in [0.29, 0.717) is 21.3 Å². The number of nitrogens with two attached hydrogens (primary N) is 1. The molecule has 0 heterocycles. The van der Waals surface area contributed by atoms with Gasteiger partial charge in [-0.1, -0.05) is 51.3 Å². The van der Waals surface area contributed by atoms with Gasteiger partial charge in [0, 0.05) is 15.1 Å². The Morgan fingerprint density at radius 3 is 2.52 bits per heavy atom. The summed E-state index contributed by atoms with van der Waals surface area (Å²) in [5, 5.41) is 3.47. The van der Waals surface area contributed by atoms with Crippen molar-refractivity contribution in [3.63, 3.8) is 0 Å². The maximum atomic E-state index is 12.3. The number of hydrogen-bond donors (Lipinski definition) is 2. The molecule has 0 radical (unpaired) electrons. The van der Waals surface area contributed by atoms with Crippen molar-refractivity contribution >= 4 is 67.9 Å². The molecule has 3 N–H and O–H groups in total. The van der Waals surface area contributed by atoms with Gasteiger partial charge in [0.05, 0.1) is 16.3 Å². The Morgan fingerprint density at radius 1 is 1.14 bits per heavy atom. The van der Waals surface area contributed by atoms with Gasteiger partial charge < -0.3 is 11.1 Å². The molecular formula is C14H9BrCl2N2OS. The molecule has 21 heavy (non-hydrogen) atoms. The number of rotatable bonds is 3. The SMILES string of the molecule is NC(=S)c1ccc(Br)cc1NC(=O)c1cc(Cl)ccc1Cl. The lowest BCUT2D eigenvalue weighted by atomic mass is 10.1. The maximum absolute atomic E-state index is 12.3. The average molecular weight is 404 g/mol. The first-order valence-electron chi connectivity index (χ1n) is 5.74. The summed E-state index contributed by atoms with van der Waals surface area (Å²) in [6, 6.07) is 9.90. The van der Waals surface area contributed by atoms with Gasteiger partial charge in [0.15, 0.2) is 0 Å². The molecule has 7 heteroatoms. The molecule has 0 bridgehead atoms. The first kappa shape index (κ1) is 16.2. The van der Waals surface area contributed by atoms with Gasteiger partial charge in [-0.05, 0) is 36.4 Å². The van der Waals surface area contributed by atoms with Gasteiger partial charge in [-0.3, -0.25) is 4.79 Å². The van der Waals surface area contributed by atoms with E-state index in [4.69, 9.17) is 41.2 Å². The van der Waals surface area contributed by atoms with Crippen molar-refractivity contribution in [3.05, 3.63) is 62.0 Å². The normalized spacial score (nSPS) is 10.2. The van der Waals surface area contributed by atoms with Gasteiger partial charge in [-0.25, -0.2) is 0 Å². The number of halogens is 3. The van der Waals surface area contributed by atoms with Gasteiger partial charge in [0.2, 0.25) is 0 Å². The summed E-state index contributed by atoms with van der Waals surface area (Å²) in [4.78, 5) is 12.5. The third kappa shape index (κ3) is 3.95. The van der Waals surface area contributed by atoms with Crippen LogP contribution >= 0.6 is 51.3 Å². The highest BCUT2D eigenvalue weighted by atomic mass is 79.9. The number of benzene rings is 2. The van der Waals surface area contributed by atoms with E-state index >= 15 is 0 Å². The van der Waals surface area contributed by atoms with Gasteiger partial charge >= 0.3 is 0 Å². The van der Waals surface area contributed by atoms with E-state index in [-0.39, 0.29) is 10.6 Å². The summed E-state index contributed by atoms with van der Waals surface area (Å²) in [6.45, 7) is 0. The first-order valence-corrected chi connectivity index (χ1v) is 7.70. The summed E-state index contributed by atoms with van der Waals surface area (Å²) < 4.78 is 0.787. The molecule has 2 rings (SSSR count). The molecular weight excluding hydrogens is 395 g/mol. The Balaban J connectivity index is 2.38. The molecule has 0 aromatic heterocycles. The van der Waals surface area contributed by atoms with E-state index in [1.165, 1.54) is 6.07 Å². The van der Waals surface area contributed by atoms with E-state index in [1.54, 1.807) is 30.3 Å². The van der Waals surface area contributed by atoms with Crippen LogP contribution in [0.4, 0.5) is 5.69 Å². The Morgan fingerprint density at radius 2 is 1.86 bits per heavy atom. The first-order chi connectivity index (χ1) is 9.88. The van der Waals surface area contributed by atoms with Crippen LogP contribution in [0.5, 0.6) is 0 Å². The molecule has 0 spiro atoms. The van der Waals surface area contributed by atoms with Gasteiger partial charge in [0.1, 0.15) is 4.99 Å². The zero-order valence-corrected chi connectivity index (χ0v) is 14.4. The number of nitrogens with one attached hydrogen (secondary N) is 1. The van der Waals surface area contributed by atoms with Crippen molar-refractivity contribution in [2.24, 2.45) is 5.73 Å². The lowest BCUT2D eigenvalue weighted by molar-refractivity contribution is 0.102. The monoisotopic (exact) mass is 402 g/mol. The lowest BCUT2D eigenvalue weighted by Gasteiger charge is -2.11. The Hall–Kier alpha value is -1.14. The standard InChI is InChI=1S/C14H9BrCl2N2OS/c15-7-1-3-9(13(18)21)12(5-7)19-14(20)10-6-8(16)2-4-11(10)17/h1-6H,(H2,18,21)(H,19,20). The van der Waals surface area contributed by atoms with E-state index in [0.717, 1.165) is 4.47 Å². The fourth-order valence-corrected chi connectivity index (χ4v) is 2.61. The third-order valence-corrected chi connectivity index (χ3v) is 3.95. The van der Waals surface area contributed by atoms with Crippen molar-refractivity contribution in [1.29, 1.82) is 0 Å². The van der Waals surface area contributed by atoms with Crippen LogP contribution in [-0.2, 0) is 0 Å². The molecule has 108 valence electrons. The second-order valence-corrected chi connectivity index (χ2v) is 6.33. The van der Waals surface area contributed by atoms with Crippen LogP contribution in [0.15, 0.2) is 40.9 Å². The summed E-state index contributed by atoms with van der Waals surface area (Å²) in [6.07, 6.45) is 0. The third-order valence-electron chi connectivity index (χ3n) is 2.67. The Kier molecular flexibility index (Phi) is 5.22. The predicted molar refractivity (Wildman–Crippen MR) is 94.4 cm³/mol. The van der Waals surface area contributed by atoms with Crippen molar-refractivity contribution in [2.75, 3.05) is 5.32 Å². The second kappa shape index (κ2) is 6.75. The molecule has 1 amide bonds. The van der Waals surface area contributed by atoms with Crippen LogP contribution in [0, 0.1) is 0 Å². The minimum Gasteiger partial charge on any atom is -0.389 e. The molecule has 2 aromatic rings. The van der Waals surface area contributed by atoms with Crippen LogP contribution in [-0.4, -0.2) is 10.9 Å². The highest BCUT2D eigenvalue weighted by Crippen LogP contribution is 2.25. The summed E-state index contributed by atoms with van der Waals surface area (Å²) >= 11 is 20.2. The minimum absolute atomic E-state index is 0.190. The van der Waals surface area contributed by atoms with Crippen molar-refractivity contribution in [3.8, 4) is 0 Å². The summed E-state index contributed by atoms with van der Waals surface area (Å²) in [7, 11) is 0. The van der Waals surface area contributed by atoms with E-state index < -0.39 is 5.91 Å². The van der Waals surface area contributed by atoms with Crippen LogP contribution in [0.25, 0.3) is 0 Å². The molecule has 0 aliphatic carbocycles. The molecule has 3 nitrogen and oxygen atoms in total. The van der Waals surface area contributed by atoms with Gasteiger partial charge in [-0.2, -0.15) is 0 Å². The number of thiocarbonyl (C=S) groups is 1. The van der Waals surface area contributed by atoms with Crippen molar-refractivity contribution in [1.82, 2.24) is 0 Å². The van der Waals surface area contributed by atoms with Crippen LogP contribution in [0.3, 0.4) is 0 Å². The predicted octanol–water partition coefficient (Wildman–Crippen LogP) is 4.64. The summed E-state index contributed by atoms with van der Waals surface area (Å²) in [5.74, 6) is -0.391. The largest absolute Gasteiger partial charge is 0.389 e. The number of hydrogen-bond acceptors (Lipinski definition) is 2. The highest BCUT2D eigenvalue weighted by Gasteiger charge is 2.14. The number of anilines is 1. The number of amides is 1. The van der Waals surface area contributed by atoms with E-state index in [1.807, 2.05) is 0 Å². The molecule has 2 aromatic carbocycles. The molecule has 0 aliphatic heterocycles. The zero-order chi connectivity index (χ0) is 15.6. The smallest absolute Gasteiger partial charge is 0.257 e.